The molecule has 0 amide bonds. The summed E-state index contributed by atoms with van der Waals surface area (Å²) in [6.07, 6.45) is 0.526. The molecule has 1 rings (SSSR count). The van der Waals surface area contributed by atoms with E-state index in [1.54, 1.807) is 6.92 Å². The van der Waals surface area contributed by atoms with Crippen molar-refractivity contribution in [2.24, 2.45) is 0 Å². The summed E-state index contributed by atoms with van der Waals surface area (Å²) in [5.41, 5.74) is -0.186. The molecule has 0 atom stereocenters. The number of hydrogen-bond acceptors (Lipinski definition) is 6. The van der Waals surface area contributed by atoms with Gasteiger partial charge in [0.05, 0.1) is 12.0 Å². The number of ether oxygens (including phenoxy) is 1. The van der Waals surface area contributed by atoms with Gasteiger partial charge in [-0.25, -0.2) is 9.78 Å². The van der Waals surface area contributed by atoms with E-state index >= 15 is 0 Å². The fourth-order valence-corrected chi connectivity index (χ4v) is 1.32. The molecule has 0 aromatic carbocycles. The van der Waals surface area contributed by atoms with Gasteiger partial charge in [-0.1, -0.05) is 0 Å². The van der Waals surface area contributed by atoms with Gasteiger partial charge in [0.15, 0.2) is 5.69 Å². The molecular weight excluding hydrogens is 250 g/mol. The molecule has 7 nitrogen and oxygen atoms in total. The summed E-state index contributed by atoms with van der Waals surface area (Å²) >= 11 is 0. The third-order valence-corrected chi connectivity index (χ3v) is 2.18. The molecule has 1 N–H and O–H groups in total. The van der Waals surface area contributed by atoms with Crippen LogP contribution in [0.5, 0.6) is 0 Å². The first-order chi connectivity index (χ1) is 9.10. The second-order valence-electron chi connectivity index (χ2n) is 3.42. The third kappa shape index (κ3) is 3.96. The minimum Gasteiger partial charge on any atom is -0.464 e. The second-order valence-corrected chi connectivity index (χ2v) is 3.42. The van der Waals surface area contributed by atoms with Gasteiger partial charge in [-0.05, 0) is 13.0 Å². The highest BCUT2D eigenvalue weighted by molar-refractivity contribution is 5.88. The number of rotatable bonds is 5. The molecule has 0 unspecified atom stereocenters. The third-order valence-electron chi connectivity index (χ3n) is 2.18. The normalized spacial score (nSPS) is 9.16. The van der Waals surface area contributed by atoms with E-state index in [-0.39, 0.29) is 17.2 Å². The minimum absolute atomic E-state index is 0.0113. The lowest BCUT2D eigenvalue weighted by molar-refractivity contribution is -0.384. The Balaban J connectivity index is 2.97. The number of anilines is 1. The molecule has 7 heteroatoms. The van der Waals surface area contributed by atoms with Crippen molar-refractivity contribution in [2.75, 3.05) is 19.0 Å². The smallest absolute Gasteiger partial charge is 0.356 e. The molecule has 0 aliphatic rings. The van der Waals surface area contributed by atoms with Gasteiger partial charge in [0, 0.05) is 19.0 Å². The Morgan fingerprint density at radius 2 is 2.32 bits per heavy atom. The van der Waals surface area contributed by atoms with Crippen LogP contribution in [0.4, 0.5) is 11.5 Å². The molecule has 100 valence electrons. The van der Waals surface area contributed by atoms with E-state index in [1.165, 1.54) is 19.2 Å². The number of carbonyl (C=O) groups is 1. The number of nitrogens with one attached hydrogen (secondary N) is 1. The highest BCUT2D eigenvalue weighted by Gasteiger charge is 2.18. The highest BCUT2D eigenvalue weighted by Crippen LogP contribution is 2.22. The first-order valence-electron chi connectivity index (χ1n) is 5.47. The van der Waals surface area contributed by atoms with Gasteiger partial charge in [-0.3, -0.25) is 10.1 Å². The molecule has 0 fully saturated rings. The summed E-state index contributed by atoms with van der Waals surface area (Å²) in [4.78, 5) is 25.5. The monoisotopic (exact) mass is 263 g/mol. The molecular formula is C12H13N3O4. The summed E-state index contributed by atoms with van der Waals surface area (Å²) in [5.74, 6) is 4.91. The van der Waals surface area contributed by atoms with Crippen LogP contribution >= 0.6 is 0 Å². The van der Waals surface area contributed by atoms with Crippen LogP contribution in [0.3, 0.4) is 0 Å². The van der Waals surface area contributed by atoms with Crippen LogP contribution < -0.4 is 5.32 Å². The fraction of sp³-hybridized carbons (Fsp3) is 0.333. The van der Waals surface area contributed by atoms with Gasteiger partial charge in [-0.2, -0.15) is 0 Å². The SMILES string of the molecule is CC#CCCNc1nc(C(=O)OC)ccc1[N+](=O)[O-]. The van der Waals surface area contributed by atoms with Gasteiger partial charge in [0.1, 0.15) is 0 Å². The zero-order chi connectivity index (χ0) is 14.3. The number of hydrogen-bond donors (Lipinski definition) is 1. The van der Waals surface area contributed by atoms with Crippen molar-refractivity contribution in [1.29, 1.82) is 0 Å². The predicted octanol–water partition coefficient (Wildman–Crippen LogP) is 1.60. The average molecular weight is 263 g/mol. The Morgan fingerprint density at radius 1 is 1.58 bits per heavy atom. The summed E-state index contributed by atoms with van der Waals surface area (Å²) in [6.45, 7) is 2.11. The molecule has 0 spiro atoms. The quantitative estimate of drug-likeness (QED) is 0.285. The lowest BCUT2D eigenvalue weighted by atomic mass is 10.3. The molecule has 1 aromatic rings. The number of methoxy groups -OCH3 is 1. The van der Waals surface area contributed by atoms with Crippen molar-refractivity contribution in [3.63, 3.8) is 0 Å². The Bertz CT molecular complexity index is 546. The topological polar surface area (TPSA) is 94.4 Å². The summed E-state index contributed by atoms with van der Waals surface area (Å²) in [7, 11) is 1.22. The summed E-state index contributed by atoms with van der Waals surface area (Å²) in [6, 6.07) is 2.47. The predicted molar refractivity (Wildman–Crippen MR) is 68.8 cm³/mol. The maximum absolute atomic E-state index is 11.3. The van der Waals surface area contributed by atoms with Crippen molar-refractivity contribution < 1.29 is 14.5 Å². The first kappa shape index (κ1) is 14.4. The molecule has 0 radical (unpaired) electrons. The fourth-order valence-electron chi connectivity index (χ4n) is 1.32. The van der Waals surface area contributed by atoms with Crippen LogP contribution in [0, 0.1) is 22.0 Å². The van der Waals surface area contributed by atoms with E-state index in [2.05, 4.69) is 26.9 Å². The van der Waals surface area contributed by atoms with E-state index in [0.717, 1.165) is 0 Å². The Labute approximate surface area is 110 Å². The molecule has 19 heavy (non-hydrogen) atoms. The molecule has 1 aromatic heterocycles. The Hall–Kier alpha value is -2.62. The van der Waals surface area contributed by atoms with E-state index < -0.39 is 10.9 Å². The number of aromatic nitrogens is 1. The van der Waals surface area contributed by atoms with Crippen LogP contribution in [0.2, 0.25) is 0 Å². The maximum Gasteiger partial charge on any atom is 0.356 e. The lowest BCUT2D eigenvalue weighted by Crippen LogP contribution is -2.10. The van der Waals surface area contributed by atoms with E-state index in [1.807, 2.05) is 0 Å². The highest BCUT2D eigenvalue weighted by atomic mass is 16.6. The number of carbonyl (C=O) groups excluding carboxylic acids is 1. The lowest BCUT2D eigenvalue weighted by Gasteiger charge is -2.06. The number of pyridine rings is 1. The van der Waals surface area contributed by atoms with Crippen LogP contribution in [0.1, 0.15) is 23.8 Å². The Kier molecular flexibility index (Phi) is 5.29. The molecule has 0 saturated carbocycles. The van der Waals surface area contributed by atoms with Crippen molar-refractivity contribution in [3.8, 4) is 11.8 Å². The largest absolute Gasteiger partial charge is 0.464 e. The zero-order valence-corrected chi connectivity index (χ0v) is 10.6. The summed E-state index contributed by atoms with van der Waals surface area (Å²) < 4.78 is 4.51. The molecule has 0 aliphatic carbocycles. The van der Waals surface area contributed by atoms with Gasteiger partial charge in [-0.15, -0.1) is 11.8 Å². The minimum atomic E-state index is -0.647. The molecule has 0 aliphatic heterocycles. The van der Waals surface area contributed by atoms with Crippen LogP contribution in [-0.2, 0) is 4.74 Å². The zero-order valence-electron chi connectivity index (χ0n) is 10.6. The number of esters is 1. The summed E-state index contributed by atoms with van der Waals surface area (Å²) in [5, 5.41) is 13.6. The molecule has 1 heterocycles. The van der Waals surface area contributed by atoms with Crippen molar-refractivity contribution >= 4 is 17.5 Å². The number of nitro groups is 1. The molecule has 0 saturated heterocycles. The van der Waals surface area contributed by atoms with Crippen molar-refractivity contribution in [1.82, 2.24) is 4.98 Å². The van der Waals surface area contributed by atoms with E-state index in [0.29, 0.717) is 13.0 Å². The van der Waals surface area contributed by atoms with Crippen LogP contribution in [0.25, 0.3) is 0 Å². The first-order valence-corrected chi connectivity index (χ1v) is 5.47. The van der Waals surface area contributed by atoms with Gasteiger partial charge in [0.25, 0.3) is 0 Å². The van der Waals surface area contributed by atoms with Gasteiger partial charge < -0.3 is 10.1 Å². The van der Waals surface area contributed by atoms with E-state index in [9.17, 15) is 14.9 Å². The van der Waals surface area contributed by atoms with Gasteiger partial charge in [0.2, 0.25) is 5.82 Å². The number of nitrogens with zero attached hydrogens (tertiary/aromatic N) is 2. The van der Waals surface area contributed by atoms with Crippen molar-refractivity contribution in [3.05, 3.63) is 27.9 Å². The average Bonchev–Trinajstić information content (AvgIpc) is 2.42. The standard InChI is InChI=1S/C12H13N3O4/c1-3-4-5-8-13-11-10(15(17)18)7-6-9(14-11)12(16)19-2/h6-7H,5,8H2,1-2H3,(H,13,14). The maximum atomic E-state index is 11.3. The van der Waals surface area contributed by atoms with Gasteiger partial charge >= 0.3 is 11.7 Å². The van der Waals surface area contributed by atoms with Crippen molar-refractivity contribution in [2.45, 2.75) is 13.3 Å². The van der Waals surface area contributed by atoms with E-state index in [4.69, 9.17) is 0 Å². The molecule has 0 bridgehead atoms. The van der Waals surface area contributed by atoms with Crippen LogP contribution in [0.15, 0.2) is 12.1 Å². The van der Waals surface area contributed by atoms with Crippen LogP contribution in [-0.4, -0.2) is 29.5 Å². The second kappa shape index (κ2) is 6.96. The Morgan fingerprint density at radius 3 is 2.89 bits per heavy atom.